The summed E-state index contributed by atoms with van der Waals surface area (Å²) < 4.78 is 34.7. The van der Waals surface area contributed by atoms with Crippen LogP contribution in [0.4, 0.5) is 11.4 Å². The highest BCUT2D eigenvalue weighted by Gasteiger charge is 2.32. The minimum Gasteiger partial charge on any atom is -0.449 e. The van der Waals surface area contributed by atoms with Gasteiger partial charge in [-0.25, -0.2) is 4.79 Å². The van der Waals surface area contributed by atoms with Crippen molar-refractivity contribution in [3.05, 3.63) is 53.1 Å². The molecule has 4 rings (SSSR count). The second-order valence-corrected chi connectivity index (χ2v) is 9.68. The molecule has 2 aromatic rings. The molecule has 2 aliphatic rings. The van der Waals surface area contributed by atoms with Crippen LogP contribution < -0.4 is 10.2 Å². The fraction of sp³-hybridized carbons (Fsp3) is 0.318. The molecule has 0 aromatic heterocycles. The van der Waals surface area contributed by atoms with Gasteiger partial charge in [0.25, 0.3) is 15.9 Å². The highest BCUT2D eigenvalue weighted by molar-refractivity contribution is 7.90. The summed E-state index contributed by atoms with van der Waals surface area (Å²) in [5.74, 6) is -0.802. The number of benzene rings is 2. The van der Waals surface area contributed by atoms with Gasteiger partial charge in [-0.05, 0) is 56.2 Å². The molecule has 0 spiro atoms. The third-order valence-corrected chi connectivity index (χ3v) is 6.90. The first-order chi connectivity index (χ1) is 15.2. The Labute approximate surface area is 191 Å². The maximum Gasteiger partial charge on any atom is 0.338 e. The highest BCUT2D eigenvalue weighted by Crippen LogP contribution is 2.35. The molecule has 168 valence electrons. The molecular weight excluding hydrogens is 454 g/mol. The lowest BCUT2D eigenvalue weighted by Crippen LogP contribution is -2.35. The van der Waals surface area contributed by atoms with Crippen molar-refractivity contribution in [1.29, 1.82) is 0 Å². The molecular formula is C22H22ClN3O5S. The van der Waals surface area contributed by atoms with Gasteiger partial charge in [-0.15, -0.1) is 4.40 Å². The van der Waals surface area contributed by atoms with E-state index in [-0.39, 0.29) is 10.5 Å². The number of ether oxygens (including phenoxy) is 1. The molecule has 8 nitrogen and oxygen atoms in total. The van der Waals surface area contributed by atoms with Crippen molar-refractivity contribution < 1.29 is 22.7 Å². The Morgan fingerprint density at radius 2 is 1.97 bits per heavy atom. The van der Waals surface area contributed by atoms with Crippen LogP contribution in [0.25, 0.3) is 0 Å². The van der Waals surface area contributed by atoms with Crippen LogP contribution in [0, 0.1) is 0 Å². The second-order valence-electron chi connectivity index (χ2n) is 7.67. The molecule has 0 saturated carbocycles. The minimum atomic E-state index is -3.93. The molecule has 1 amide bonds. The van der Waals surface area contributed by atoms with Crippen LogP contribution in [0.1, 0.15) is 43.0 Å². The standard InChI is InChI=1S/C22H22ClN3O5S/c1-14(21(27)24-17-7-5-6-16(23)13-17)31-22(28)15-9-10-18-19(12-15)32(29,30)25-20-8-3-2-4-11-26(18)20/h5-7,9-10,12-14H,2-4,8,11H2,1H3,(H,24,27)/t14-/m0/s1. The predicted octanol–water partition coefficient (Wildman–Crippen LogP) is 4.01. The summed E-state index contributed by atoms with van der Waals surface area (Å²) in [6, 6.07) is 10.9. The number of carbonyl (C=O) groups is 2. The maximum atomic E-state index is 12.7. The number of hydrogen-bond donors (Lipinski definition) is 1. The van der Waals surface area contributed by atoms with Crippen LogP contribution >= 0.6 is 11.6 Å². The number of nitrogens with zero attached hydrogens (tertiary/aromatic N) is 2. The fourth-order valence-electron chi connectivity index (χ4n) is 3.70. The topological polar surface area (TPSA) is 105 Å². The average Bonchev–Trinajstić information content (AvgIpc) is 2.98. The van der Waals surface area contributed by atoms with Gasteiger partial charge in [0.1, 0.15) is 10.7 Å². The van der Waals surface area contributed by atoms with E-state index in [1.165, 1.54) is 19.1 Å². The Morgan fingerprint density at radius 3 is 2.75 bits per heavy atom. The summed E-state index contributed by atoms with van der Waals surface area (Å²) >= 11 is 5.91. The van der Waals surface area contributed by atoms with E-state index in [0.29, 0.717) is 35.2 Å². The molecule has 1 N–H and O–H groups in total. The van der Waals surface area contributed by atoms with Gasteiger partial charge in [0, 0.05) is 23.7 Å². The van der Waals surface area contributed by atoms with E-state index in [1.54, 1.807) is 30.3 Å². The van der Waals surface area contributed by atoms with E-state index in [9.17, 15) is 18.0 Å². The van der Waals surface area contributed by atoms with Crippen molar-refractivity contribution in [2.75, 3.05) is 16.8 Å². The van der Waals surface area contributed by atoms with E-state index < -0.39 is 28.0 Å². The summed E-state index contributed by atoms with van der Waals surface area (Å²) in [6.07, 6.45) is 2.32. The van der Waals surface area contributed by atoms with Crippen LogP contribution in [0.5, 0.6) is 0 Å². The molecule has 0 unspecified atom stereocenters. The first kappa shape index (κ1) is 22.3. The number of halogens is 1. The Kier molecular flexibility index (Phi) is 6.21. The van der Waals surface area contributed by atoms with Crippen LogP contribution in [0.3, 0.4) is 0 Å². The molecule has 0 aliphatic carbocycles. The van der Waals surface area contributed by atoms with E-state index >= 15 is 0 Å². The highest BCUT2D eigenvalue weighted by atomic mass is 35.5. The third-order valence-electron chi connectivity index (χ3n) is 5.33. The van der Waals surface area contributed by atoms with Gasteiger partial charge in [-0.2, -0.15) is 8.42 Å². The normalized spacial score (nSPS) is 17.8. The van der Waals surface area contributed by atoms with Crippen molar-refractivity contribution >= 4 is 50.7 Å². The van der Waals surface area contributed by atoms with E-state index in [2.05, 4.69) is 9.71 Å². The number of carbonyl (C=O) groups excluding carboxylic acids is 2. The van der Waals surface area contributed by atoms with Crippen LogP contribution in [-0.4, -0.2) is 38.8 Å². The Bertz CT molecular complexity index is 1210. The largest absolute Gasteiger partial charge is 0.449 e. The third kappa shape index (κ3) is 4.63. The Balaban J connectivity index is 1.52. The van der Waals surface area contributed by atoms with Crippen LogP contribution in [-0.2, 0) is 19.6 Å². The number of rotatable bonds is 4. The second kappa shape index (κ2) is 8.91. The first-order valence-corrected chi connectivity index (χ1v) is 12.1. The first-order valence-electron chi connectivity index (χ1n) is 10.3. The number of anilines is 2. The van der Waals surface area contributed by atoms with Gasteiger partial charge in [-0.1, -0.05) is 24.1 Å². The number of sulfonamides is 1. The summed E-state index contributed by atoms with van der Waals surface area (Å²) in [7, 11) is -3.93. The van der Waals surface area contributed by atoms with Gasteiger partial charge in [-0.3, -0.25) is 4.79 Å². The monoisotopic (exact) mass is 475 g/mol. The lowest BCUT2D eigenvalue weighted by molar-refractivity contribution is -0.123. The average molecular weight is 476 g/mol. The predicted molar refractivity (Wildman–Crippen MR) is 122 cm³/mol. The van der Waals surface area contributed by atoms with Crippen LogP contribution in [0.15, 0.2) is 51.8 Å². The maximum absolute atomic E-state index is 12.7. The van der Waals surface area contributed by atoms with Crippen molar-refractivity contribution in [3.8, 4) is 0 Å². The zero-order valence-corrected chi connectivity index (χ0v) is 18.9. The lowest BCUT2D eigenvalue weighted by atomic mass is 10.1. The summed E-state index contributed by atoms with van der Waals surface area (Å²) in [6.45, 7) is 2.10. The molecule has 0 radical (unpaired) electrons. The Morgan fingerprint density at radius 1 is 1.16 bits per heavy atom. The number of hydrogen-bond acceptors (Lipinski definition) is 6. The molecule has 2 heterocycles. The number of nitrogens with one attached hydrogen (secondary N) is 1. The van der Waals surface area contributed by atoms with E-state index in [4.69, 9.17) is 16.3 Å². The molecule has 1 saturated heterocycles. The molecule has 2 aromatic carbocycles. The summed E-state index contributed by atoms with van der Waals surface area (Å²) in [5.41, 5.74) is 1.01. The molecule has 10 heteroatoms. The number of esters is 1. The van der Waals surface area contributed by atoms with Crippen molar-refractivity contribution in [1.82, 2.24) is 0 Å². The lowest BCUT2D eigenvalue weighted by Gasteiger charge is -2.29. The number of amidine groups is 1. The molecule has 2 aliphatic heterocycles. The smallest absolute Gasteiger partial charge is 0.338 e. The van der Waals surface area contributed by atoms with Crippen LogP contribution in [0.2, 0.25) is 5.02 Å². The van der Waals surface area contributed by atoms with Gasteiger partial charge < -0.3 is 15.0 Å². The van der Waals surface area contributed by atoms with Gasteiger partial charge in [0.2, 0.25) is 0 Å². The van der Waals surface area contributed by atoms with Gasteiger partial charge >= 0.3 is 5.97 Å². The van der Waals surface area contributed by atoms with Crippen molar-refractivity contribution in [2.24, 2.45) is 4.40 Å². The quantitative estimate of drug-likeness (QED) is 0.670. The SMILES string of the molecule is C[C@H](OC(=O)c1ccc2c(c1)S(=O)(=O)N=C1CCCCCN12)C(=O)Nc1cccc(Cl)c1. The van der Waals surface area contributed by atoms with Crippen molar-refractivity contribution in [3.63, 3.8) is 0 Å². The zero-order chi connectivity index (χ0) is 22.9. The Hall–Kier alpha value is -2.91. The molecule has 1 atom stereocenters. The zero-order valence-electron chi connectivity index (χ0n) is 17.4. The number of fused-ring (bicyclic) bond motifs is 3. The van der Waals surface area contributed by atoms with E-state index in [1.807, 2.05) is 4.90 Å². The molecule has 1 fully saturated rings. The van der Waals surface area contributed by atoms with Gasteiger partial charge in [0.15, 0.2) is 6.10 Å². The van der Waals surface area contributed by atoms with Crippen molar-refractivity contribution in [2.45, 2.75) is 43.6 Å². The van der Waals surface area contributed by atoms with E-state index in [0.717, 1.165) is 19.3 Å². The summed E-state index contributed by atoms with van der Waals surface area (Å²) in [5, 5.41) is 3.07. The minimum absolute atomic E-state index is 0.0307. The molecule has 32 heavy (non-hydrogen) atoms. The summed E-state index contributed by atoms with van der Waals surface area (Å²) in [4.78, 5) is 26.9. The number of amides is 1. The van der Waals surface area contributed by atoms with Gasteiger partial charge in [0.05, 0.1) is 11.3 Å². The fourth-order valence-corrected chi connectivity index (χ4v) is 5.17. The molecule has 0 bridgehead atoms.